The first kappa shape index (κ1) is 12.6. The lowest BCUT2D eigenvalue weighted by Gasteiger charge is -2.36. The molecule has 1 fully saturated rings. The molecule has 0 unspecified atom stereocenters. The third kappa shape index (κ3) is 3.83. The van der Waals surface area contributed by atoms with Crippen LogP contribution in [0.5, 0.6) is 0 Å². The molecule has 0 saturated heterocycles. The first-order chi connectivity index (χ1) is 8.25. The van der Waals surface area contributed by atoms with Crippen molar-refractivity contribution in [3.05, 3.63) is 35.9 Å². The van der Waals surface area contributed by atoms with E-state index in [0.717, 1.165) is 19.1 Å². The molecule has 0 aliphatic heterocycles. The van der Waals surface area contributed by atoms with Gasteiger partial charge < -0.3 is 10.1 Å². The molecular weight excluding hydrogens is 210 g/mol. The minimum absolute atomic E-state index is 0.343. The van der Waals surface area contributed by atoms with E-state index < -0.39 is 0 Å². The van der Waals surface area contributed by atoms with Crippen molar-refractivity contribution < 1.29 is 4.74 Å². The van der Waals surface area contributed by atoms with Crippen LogP contribution in [0.25, 0.3) is 0 Å². The van der Waals surface area contributed by atoms with E-state index >= 15 is 0 Å². The van der Waals surface area contributed by atoms with E-state index in [2.05, 4.69) is 49.5 Å². The zero-order valence-electron chi connectivity index (χ0n) is 10.9. The van der Waals surface area contributed by atoms with Crippen LogP contribution in [0, 0.1) is 0 Å². The third-order valence-corrected chi connectivity index (χ3v) is 3.40. The van der Waals surface area contributed by atoms with E-state index in [1.807, 2.05) is 0 Å². The smallest absolute Gasteiger partial charge is 0.0594 e. The fourth-order valence-electron chi connectivity index (χ4n) is 2.34. The van der Waals surface area contributed by atoms with Gasteiger partial charge in [0.25, 0.3) is 0 Å². The van der Waals surface area contributed by atoms with Gasteiger partial charge in [-0.25, -0.2) is 0 Å². The highest BCUT2D eigenvalue weighted by atomic mass is 16.5. The lowest BCUT2D eigenvalue weighted by molar-refractivity contribution is 0.0767. The highest BCUT2D eigenvalue weighted by Gasteiger charge is 2.29. The molecule has 0 spiro atoms. The largest absolute Gasteiger partial charge is 0.377 e. The number of hydrogen-bond acceptors (Lipinski definition) is 2. The maximum Gasteiger partial charge on any atom is 0.0594 e. The van der Waals surface area contributed by atoms with Gasteiger partial charge in [0.15, 0.2) is 0 Å². The lowest BCUT2D eigenvalue weighted by Crippen LogP contribution is -2.41. The Morgan fingerprint density at radius 3 is 2.59 bits per heavy atom. The van der Waals surface area contributed by atoms with Gasteiger partial charge in [-0.3, -0.25) is 0 Å². The van der Waals surface area contributed by atoms with E-state index in [4.69, 9.17) is 4.74 Å². The molecule has 1 aromatic rings. The average Bonchev–Trinajstić information content (AvgIpc) is 2.27. The van der Waals surface area contributed by atoms with Crippen LogP contribution in [0.15, 0.2) is 30.3 Å². The molecule has 2 nitrogen and oxygen atoms in total. The second-order valence-corrected chi connectivity index (χ2v) is 5.15. The van der Waals surface area contributed by atoms with Crippen LogP contribution in [-0.2, 0) is 4.74 Å². The number of benzene rings is 1. The summed E-state index contributed by atoms with van der Waals surface area (Å²) >= 11 is 0. The first-order valence-electron chi connectivity index (χ1n) is 6.65. The van der Waals surface area contributed by atoms with Crippen LogP contribution < -0.4 is 5.32 Å². The highest BCUT2D eigenvalue weighted by Crippen LogP contribution is 2.36. The average molecular weight is 233 g/mol. The van der Waals surface area contributed by atoms with Crippen LogP contribution >= 0.6 is 0 Å². The maximum atomic E-state index is 5.51. The van der Waals surface area contributed by atoms with Crippen molar-refractivity contribution in [1.29, 1.82) is 0 Å². The molecule has 1 saturated carbocycles. The van der Waals surface area contributed by atoms with Crippen molar-refractivity contribution in [2.45, 2.75) is 44.8 Å². The van der Waals surface area contributed by atoms with Crippen LogP contribution in [0.4, 0.5) is 0 Å². The molecule has 17 heavy (non-hydrogen) atoms. The van der Waals surface area contributed by atoms with Crippen molar-refractivity contribution >= 4 is 0 Å². The van der Waals surface area contributed by atoms with E-state index in [1.54, 1.807) is 0 Å². The summed E-state index contributed by atoms with van der Waals surface area (Å²) in [5.74, 6) is 0.764. The van der Waals surface area contributed by atoms with Crippen LogP contribution in [0.1, 0.15) is 38.2 Å². The summed E-state index contributed by atoms with van der Waals surface area (Å²) < 4.78 is 5.51. The second-order valence-electron chi connectivity index (χ2n) is 5.15. The van der Waals surface area contributed by atoms with Gasteiger partial charge in [-0.2, -0.15) is 0 Å². The first-order valence-corrected chi connectivity index (χ1v) is 6.65. The molecule has 1 aliphatic carbocycles. The third-order valence-electron chi connectivity index (χ3n) is 3.40. The predicted octanol–water partition coefficient (Wildman–Crippen LogP) is 2.95. The zero-order valence-corrected chi connectivity index (χ0v) is 10.9. The van der Waals surface area contributed by atoms with Crippen LogP contribution in [0.2, 0.25) is 0 Å². The zero-order chi connectivity index (χ0) is 12.1. The van der Waals surface area contributed by atoms with Gasteiger partial charge in [-0.15, -0.1) is 0 Å². The van der Waals surface area contributed by atoms with Crippen LogP contribution in [0.3, 0.4) is 0 Å². The Balaban J connectivity index is 1.60. The van der Waals surface area contributed by atoms with Crippen molar-refractivity contribution in [2.75, 3.05) is 13.2 Å². The Morgan fingerprint density at radius 1 is 1.24 bits per heavy atom. The van der Waals surface area contributed by atoms with Gasteiger partial charge >= 0.3 is 0 Å². The topological polar surface area (TPSA) is 21.3 Å². The molecule has 2 heteroatoms. The number of hydrogen-bond donors (Lipinski definition) is 1. The Kier molecular flexibility index (Phi) is 4.57. The summed E-state index contributed by atoms with van der Waals surface area (Å²) in [4.78, 5) is 0. The van der Waals surface area contributed by atoms with Gasteiger partial charge in [0.1, 0.15) is 0 Å². The molecule has 1 aromatic carbocycles. The van der Waals surface area contributed by atoms with E-state index in [1.165, 1.54) is 18.4 Å². The lowest BCUT2D eigenvalue weighted by atomic mass is 9.76. The van der Waals surface area contributed by atoms with E-state index in [-0.39, 0.29) is 0 Å². The van der Waals surface area contributed by atoms with Gasteiger partial charge in [0.2, 0.25) is 0 Å². The molecule has 1 aliphatic rings. The van der Waals surface area contributed by atoms with Crippen molar-refractivity contribution in [3.63, 3.8) is 0 Å². The summed E-state index contributed by atoms with van der Waals surface area (Å²) in [5, 5.41) is 3.55. The molecule has 0 radical (unpaired) electrons. The fourth-order valence-corrected chi connectivity index (χ4v) is 2.34. The summed E-state index contributed by atoms with van der Waals surface area (Å²) in [6, 6.07) is 11.5. The molecular formula is C15H23NO. The Bertz CT molecular complexity index is 317. The molecule has 0 atom stereocenters. The predicted molar refractivity (Wildman–Crippen MR) is 71.3 cm³/mol. The molecule has 0 amide bonds. The molecule has 0 aromatic heterocycles. The Labute approximate surface area is 104 Å². The molecule has 0 heterocycles. The van der Waals surface area contributed by atoms with Crippen molar-refractivity contribution in [3.8, 4) is 0 Å². The summed E-state index contributed by atoms with van der Waals surface area (Å²) in [7, 11) is 0. The molecule has 2 rings (SSSR count). The van der Waals surface area contributed by atoms with Gasteiger partial charge in [-0.05, 0) is 38.2 Å². The van der Waals surface area contributed by atoms with E-state index in [0.29, 0.717) is 12.1 Å². The highest BCUT2D eigenvalue weighted by molar-refractivity contribution is 5.22. The van der Waals surface area contributed by atoms with E-state index in [9.17, 15) is 0 Å². The quantitative estimate of drug-likeness (QED) is 0.763. The Hall–Kier alpha value is -0.860. The minimum atomic E-state index is 0.343. The summed E-state index contributed by atoms with van der Waals surface area (Å²) in [5.41, 5.74) is 1.49. The standard InChI is InChI=1S/C15H23NO/c1-12(2)17-9-8-16-15-10-14(11-15)13-6-4-3-5-7-13/h3-7,12,14-16H,8-11H2,1-2H3. The molecule has 94 valence electrons. The molecule has 1 N–H and O–H groups in total. The summed E-state index contributed by atoms with van der Waals surface area (Å²) in [6.07, 6.45) is 2.88. The molecule has 0 bridgehead atoms. The fraction of sp³-hybridized carbons (Fsp3) is 0.600. The monoisotopic (exact) mass is 233 g/mol. The number of ether oxygens (including phenoxy) is 1. The number of rotatable bonds is 6. The van der Waals surface area contributed by atoms with Crippen molar-refractivity contribution in [1.82, 2.24) is 5.32 Å². The van der Waals surface area contributed by atoms with Gasteiger partial charge in [-0.1, -0.05) is 30.3 Å². The summed E-state index contributed by atoms with van der Waals surface area (Å²) in [6.45, 7) is 5.96. The second kappa shape index (κ2) is 6.18. The number of nitrogens with one attached hydrogen (secondary N) is 1. The SMILES string of the molecule is CC(C)OCCNC1CC(c2ccccc2)C1. The van der Waals surface area contributed by atoms with Crippen molar-refractivity contribution in [2.24, 2.45) is 0 Å². The Morgan fingerprint density at radius 2 is 1.94 bits per heavy atom. The maximum absolute atomic E-state index is 5.51. The normalized spacial score (nSPS) is 23.7. The van der Waals surface area contributed by atoms with Crippen LogP contribution in [-0.4, -0.2) is 25.3 Å². The van der Waals surface area contributed by atoms with Gasteiger partial charge in [0.05, 0.1) is 12.7 Å². The van der Waals surface area contributed by atoms with Gasteiger partial charge in [0, 0.05) is 12.6 Å². The minimum Gasteiger partial charge on any atom is -0.377 e.